The first kappa shape index (κ1) is 11.1. The third-order valence-corrected chi connectivity index (χ3v) is 2.39. The Morgan fingerprint density at radius 2 is 2.50 bits per heavy atom. The van der Waals surface area contributed by atoms with Gasteiger partial charge in [-0.25, -0.2) is 9.78 Å². The normalized spacial score (nSPS) is 20.2. The van der Waals surface area contributed by atoms with Crippen molar-refractivity contribution in [3.63, 3.8) is 0 Å². The van der Waals surface area contributed by atoms with Crippen LogP contribution in [0.1, 0.15) is 41.1 Å². The summed E-state index contributed by atoms with van der Waals surface area (Å²) in [5.74, 6) is -0.960. The first-order valence-electron chi connectivity index (χ1n) is 5.05. The van der Waals surface area contributed by atoms with Crippen molar-refractivity contribution in [2.24, 2.45) is 0 Å². The molecule has 6 heteroatoms. The molecule has 1 atom stereocenters. The summed E-state index contributed by atoms with van der Waals surface area (Å²) in [5.41, 5.74) is 0.306. The Hall–Kier alpha value is -1.40. The summed E-state index contributed by atoms with van der Waals surface area (Å²) in [6.07, 6.45) is 1.53. The van der Waals surface area contributed by atoms with E-state index in [9.17, 15) is 4.79 Å². The molecule has 2 rings (SSSR count). The fourth-order valence-electron chi connectivity index (χ4n) is 1.68. The Bertz CT molecular complexity index is 381. The van der Waals surface area contributed by atoms with Gasteiger partial charge in [-0.3, -0.25) is 0 Å². The number of hydrogen-bond acceptors (Lipinski definition) is 5. The van der Waals surface area contributed by atoms with Crippen molar-refractivity contribution >= 4 is 5.97 Å². The van der Waals surface area contributed by atoms with Crippen LogP contribution in [0.2, 0.25) is 0 Å². The molecule has 1 fully saturated rings. The number of nitrogens with zero attached hydrogens (tertiary/aromatic N) is 1. The number of aromatic nitrogens is 1. The molecule has 0 amide bonds. The zero-order valence-corrected chi connectivity index (χ0v) is 8.93. The molecule has 1 aliphatic heterocycles. The van der Waals surface area contributed by atoms with Gasteiger partial charge in [0.05, 0.1) is 6.61 Å². The molecule has 0 radical (unpaired) electrons. The lowest BCUT2D eigenvalue weighted by Crippen LogP contribution is -2.00. The highest BCUT2D eigenvalue weighted by Gasteiger charge is 2.27. The van der Waals surface area contributed by atoms with E-state index >= 15 is 0 Å². The van der Waals surface area contributed by atoms with Crippen LogP contribution in [-0.4, -0.2) is 29.8 Å². The van der Waals surface area contributed by atoms with Gasteiger partial charge in [0.15, 0.2) is 0 Å². The highest BCUT2D eigenvalue weighted by molar-refractivity contribution is 5.85. The lowest BCUT2D eigenvalue weighted by Gasteiger charge is -2.01. The monoisotopic (exact) mass is 227 g/mol. The zero-order chi connectivity index (χ0) is 11.5. The Balaban J connectivity index is 2.26. The van der Waals surface area contributed by atoms with E-state index in [1.54, 1.807) is 0 Å². The van der Waals surface area contributed by atoms with Gasteiger partial charge in [0.1, 0.15) is 11.8 Å². The molecule has 1 saturated heterocycles. The minimum atomic E-state index is -1.14. The van der Waals surface area contributed by atoms with Crippen molar-refractivity contribution in [1.82, 2.24) is 4.98 Å². The Morgan fingerprint density at radius 3 is 3.06 bits per heavy atom. The lowest BCUT2D eigenvalue weighted by molar-refractivity contribution is 0.0628. The fourth-order valence-corrected chi connectivity index (χ4v) is 1.68. The van der Waals surface area contributed by atoms with Gasteiger partial charge in [-0.1, -0.05) is 0 Å². The second-order valence-corrected chi connectivity index (χ2v) is 3.57. The summed E-state index contributed by atoms with van der Waals surface area (Å²) in [6, 6.07) is 0. The van der Waals surface area contributed by atoms with Crippen LogP contribution in [0.25, 0.3) is 0 Å². The standard InChI is InChI=1S/C10H13NO5/c1-14-5-6-8(10(12)13)16-9(11-6)7-3-2-4-15-7/h7H,2-5H2,1H3,(H,12,13). The first-order chi connectivity index (χ1) is 7.72. The fraction of sp³-hybridized carbons (Fsp3) is 0.600. The maximum Gasteiger partial charge on any atom is 0.373 e. The van der Waals surface area contributed by atoms with Crippen molar-refractivity contribution in [2.75, 3.05) is 13.7 Å². The number of methoxy groups -OCH3 is 1. The minimum absolute atomic E-state index is 0.123. The van der Waals surface area contributed by atoms with Crippen molar-refractivity contribution in [1.29, 1.82) is 0 Å². The third kappa shape index (κ3) is 2.07. The van der Waals surface area contributed by atoms with E-state index in [0.717, 1.165) is 12.8 Å². The summed E-state index contributed by atoms with van der Waals surface area (Å²) in [4.78, 5) is 15.0. The molecule has 2 heterocycles. The average molecular weight is 227 g/mol. The van der Waals surface area contributed by atoms with Gasteiger partial charge in [-0.2, -0.15) is 0 Å². The van der Waals surface area contributed by atoms with Gasteiger partial charge in [-0.15, -0.1) is 0 Å². The molecule has 1 N–H and O–H groups in total. The van der Waals surface area contributed by atoms with Crippen LogP contribution in [0.15, 0.2) is 4.42 Å². The van der Waals surface area contributed by atoms with Crippen LogP contribution >= 0.6 is 0 Å². The second-order valence-electron chi connectivity index (χ2n) is 3.57. The zero-order valence-electron chi connectivity index (χ0n) is 8.93. The molecule has 1 aromatic rings. The first-order valence-corrected chi connectivity index (χ1v) is 5.05. The van der Waals surface area contributed by atoms with Gasteiger partial charge >= 0.3 is 5.97 Å². The quantitative estimate of drug-likeness (QED) is 0.836. The Labute approximate surface area is 92.2 Å². The molecule has 1 unspecified atom stereocenters. The highest BCUT2D eigenvalue weighted by atomic mass is 16.5. The van der Waals surface area contributed by atoms with E-state index in [1.807, 2.05) is 0 Å². The largest absolute Gasteiger partial charge is 0.475 e. The number of oxazole rings is 1. The molecule has 0 aliphatic carbocycles. The number of ether oxygens (including phenoxy) is 2. The van der Waals surface area contributed by atoms with E-state index in [4.69, 9.17) is 19.0 Å². The summed E-state index contributed by atoms with van der Waals surface area (Å²) in [5, 5.41) is 8.92. The van der Waals surface area contributed by atoms with Crippen LogP contribution in [-0.2, 0) is 16.1 Å². The van der Waals surface area contributed by atoms with Crippen LogP contribution in [0.5, 0.6) is 0 Å². The number of rotatable bonds is 4. The van der Waals surface area contributed by atoms with Crippen LogP contribution in [0.3, 0.4) is 0 Å². The van der Waals surface area contributed by atoms with Gasteiger partial charge in [0.25, 0.3) is 0 Å². The summed E-state index contributed by atoms with van der Waals surface area (Å²) in [7, 11) is 1.48. The molecular weight excluding hydrogens is 214 g/mol. The van der Waals surface area contributed by atoms with E-state index in [1.165, 1.54) is 7.11 Å². The molecule has 88 valence electrons. The highest BCUT2D eigenvalue weighted by Crippen LogP contribution is 2.29. The molecule has 0 saturated carbocycles. The number of carbonyl (C=O) groups is 1. The molecular formula is C10H13NO5. The molecule has 0 spiro atoms. The van der Waals surface area contributed by atoms with Gasteiger partial charge in [-0.05, 0) is 12.8 Å². The van der Waals surface area contributed by atoms with E-state index in [-0.39, 0.29) is 18.5 Å². The van der Waals surface area contributed by atoms with Gasteiger partial charge < -0.3 is 19.0 Å². The van der Waals surface area contributed by atoms with Crippen LogP contribution in [0.4, 0.5) is 0 Å². The molecule has 1 aromatic heterocycles. The Kier molecular flexibility index (Phi) is 3.21. The van der Waals surface area contributed by atoms with Crippen molar-refractivity contribution in [3.05, 3.63) is 17.3 Å². The molecule has 0 bridgehead atoms. The van der Waals surface area contributed by atoms with Crippen molar-refractivity contribution < 1.29 is 23.8 Å². The predicted octanol–water partition coefficient (Wildman–Crippen LogP) is 1.37. The molecule has 16 heavy (non-hydrogen) atoms. The van der Waals surface area contributed by atoms with E-state index in [0.29, 0.717) is 18.2 Å². The summed E-state index contributed by atoms with van der Waals surface area (Å²) < 4.78 is 15.4. The van der Waals surface area contributed by atoms with E-state index in [2.05, 4.69) is 4.98 Å². The maximum absolute atomic E-state index is 10.9. The Morgan fingerprint density at radius 1 is 1.69 bits per heavy atom. The maximum atomic E-state index is 10.9. The molecule has 1 aliphatic rings. The number of carboxylic acids is 1. The minimum Gasteiger partial charge on any atom is -0.475 e. The van der Waals surface area contributed by atoms with Crippen LogP contribution in [0, 0.1) is 0 Å². The smallest absolute Gasteiger partial charge is 0.373 e. The molecule has 0 aromatic carbocycles. The van der Waals surface area contributed by atoms with E-state index < -0.39 is 5.97 Å². The molecule has 6 nitrogen and oxygen atoms in total. The number of carboxylic acid groups (broad SMARTS) is 1. The van der Waals surface area contributed by atoms with Gasteiger partial charge in [0, 0.05) is 13.7 Å². The SMILES string of the molecule is COCc1nc(C2CCCO2)oc1C(=O)O. The predicted molar refractivity (Wildman–Crippen MR) is 52.1 cm³/mol. The average Bonchev–Trinajstić information content (AvgIpc) is 2.83. The number of aromatic carboxylic acids is 1. The second kappa shape index (κ2) is 4.63. The third-order valence-electron chi connectivity index (χ3n) is 2.39. The van der Waals surface area contributed by atoms with Gasteiger partial charge in [0.2, 0.25) is 11.7 Å². The van der Waals surface area contributed by atoms with Crippen molar-refractivity contribution in [2.45, 2.75) is 25.6 Å². The summed E-state index contributed by atoms with van der Waals surface area (Å²) in [6.45, 7) is 0.785. The topological polar surface area (TPSA) is 81.8 Å². The van der Waals surface area contributed by atoms with Crippen LogP contribution < -0.4 is 0 Å². The van der Waals surface area contributed by atoms with Crippen molar-refractivity contribution in [3.8, 4) is 0 Å². The lowest BCUT2D eigenvalue weighted by atomic mass is 10.2. The number of hydrogen-bond donors (Lipinski definition) is 1. The summed E-state index contributed by atoms with van der Waals surface area (Å²) >= 11 is 0.